The highest BCUT2D eigenvalue weighted by Gasteiger charge is 2.36. The molecule has 9 heteroatoms. The Morgan fingerprint density at radius 3 is 2.33 bits per heavy atom. The van der Waals surface area contributed by atoms with E-state index in [4.69, 9.17) is 14.2 Å². The number of ether oxygens (including phenoxy) is 3. The van der Waals surface area contributed by atoms with E-state index in [0.717, 1.165) is 11.8 Å². The minimum absolute atomic E-state index is 0.104. The average Bonchev–Trinajstić information content (AvgIpc) is 2.58. The molecule has 148 valence electrons. The van der Waals surface area contributed by atoms with Gasteiger partial charge in [-0.25, -0.2) is 8.42 Å². The van der Waals surface area contributed by atoms with Gasteiger partial charge in [-0.05, 0) is 17.7 Å². The number of rotatable bonds is 7. The van der Waals surface area contributed by atoms with Crippen molar-refractivity contribution >= 4 is 22.0 Å². The maximum absolute atomic E-state index is 12.3. The molecule has 0 amide bonds. The standard InChI is InChI=1S/C18H23NO7S/c1-13(20)24-12-17-16(25-14(2)21)9-10-18(26-17)19(27(3,22)23)11-15-7-5-4-6-8-15/h4-10,16-18H,11-12H2,1-3H3/t16-,17+,18?/m0/s1. The molecule has 1 aliphatic rings. The van der Waals surface area contributed by atoms with Crippen molar-refractivity contribution in [2.75, 3.05) is 12.9 Å². The summed E-state index contributed by atoms with van der Waals surface area (Å²) >= 11 is 0. The van der Waals surface area contributed by atoms with Crippen molar-refractivity contribution < 1.29 is 32.2 Å². The lowest BCUT2D eigenvalue weighted by Gasteiger charge is -2.36. The zero-order chi connectivity index (χ0) is 20.0. The first-order valence-electron chi connectivity index (χ1n) is 8.32. The van der Waals surface area contributed by atoms with E-state index in [2.05, 4.69) is 0 Å². The third-order valence-corrected chi connectivity index (χ3v) is 4.98. The van der Waals surface area contributed by atoms with Crippen LogP contribution >= 0.6 is 0 Å². The molecular formula is C18H23NO7S. The van der Waals surface area contributed by atoms with Crippen molar-refractivity contribution in [3.8, 4) is 0 Å². The largest absolute Gasteiger partial charge is 0.463 e. The SMILES string of the molecule is CC(=O)OC[C@H]1OC(N(Cc2ccccc2)S(C)(=O)=O)C=C[C@@H]1OC(C)=O. The van der Waals surface area contributed by atoms with Gasteiger partial charge in [-0.3, -0.25) is 9.59 Å². The predicted octanol–water partition coefficient (Wildman–Crippen LogP) is 1.22. The molecule has 1 aromatic rings. The lowest BCUT2D eigenvalue weighted by molar-refractivity contribution is -0.169. The van der Waals surface area contributed by atoms with Crippen LogP contribution in [0.1, 0.15) is 19.4 Å². The van der Waals surface area contributed by atoms with Crippen molar-refractivity contribution in [3.05, 3.63) is 48.0 Å². The number of hydrogen-bond donors (Lipinski definition) is 0. The van der Waals surface area contributed by atoms with Crippen LogP contribution in [0.5, 0.6) is 0 Å². The normalized spacial score (nSPS) is 22.4. The van der Waals surface area contributed by atoms with Gasteiger partial charge in [0.25, 0.3) is 0 Å². The first-order valence-corrected chi connectivity index (χ1v) is 10.2. The van der Waals surface area contributed by atoms with Gasteiger partial charge >= 0.3 is 11.9 Å². The van der Waals surface area contributed by atoms with Gasteiger partial charge in [0.1, 0.15) is 25.0 Å². The van der Waals surface area contributed by atoms with Gasteiger partial charge in [-0.2, -0.15) is 4.31 Å². The topological polar surface area (TPSA) is 99.2 Å². The molecule has 8 nitrogen and oxygen atoms in total. The number of nitrogens with zero attached hydrogens (tertiary/aromatic N) is 1. The van der Waals surface area contributed by atoms with Crippen molar-refractivity contribution in [1.82, 2.24) is 4.31 Å². The molecule has 0 aromatic heterocycles. The van der Waals surface area contributed by atoms with Crippen molar-refractivity contribution in [1.29, 1.82) is 0 Å². The van der Waals surface area contributed by atoms with Crippen molar-refractivity contribution in [2.24, 2.45) is 0 Å². The van der Waals surface area contributed by atoms with Gasteiger partial charge in [0.2, 0.25) is 10.0 Å². The number of esters is 2. The van der Waals surface area contributed by atoms with Crippen LogP contribution in [0.4, 0.5) is 0 Å². The maximum Gasteiger partial charge on any atom is 0.303 e. The summed E-state index contributed by atoms with van der Waals surface area (Å²) in [6, 6.07) is 9.08. The van der Waals surface area contributed by atoms with Crippen LogP contribution in [0.3, 0.4) is 0 Å². The third kappa shape index (κ3) is 6.46. The minimum atomic E-state index is -3.62. The molecule has 0 saturated heterocycles. The monoisotopic (exact) mass is 397 g/mol. The molecule has 0 fully saturated rings. The Hall–Kier alpha value is -2.23. The van der Waals surface area contributed by atoms with Gasteiger partial charge in [0.05, 0.1) is 6.26 Å². The fourth-order valence-electron chi connectivity index (χ4n) is 2.59. The van der Waals surface area contributed by atoms with Gasteiger partial charge in [-0.1, -0.05) is 30.3 Å². The number of hydrogen-bond acceptors (Lipinski definition) is 7. The first kappa shape index (κ1) is 21.1. The summed E-state index contributed by atoms with van der Waals surface area (Å²) in [7, 11) is -3.62. The maximum atomic E-state index is 12.3. The Balaban J connectivity index is 2.24. The smallest absolute Gasteiger partial charge is 0.303 e. The molecule has 2 rings (SSSR count). The summed E-state index contributed by atoms with van der Waals surface area (Å²) in [4.78, 5) is 22.4. The summed E-state index contributed by atoms with van der Waals surface area (Å²) in [5.41, 5.74) is 0.790. The van der Waals surface area contributed by atoms with Crippen LogP contribution in [0.2, 0.25) is 0 Å². The third-order valence-electron chi connectivity index (χ3n) is 3.79. The van der Waals surface area contributed by atoms with Gasteiger partial charge in [0.15, 0.2) is 0 Å². The number of carbonyl (C=O) groups excluding carboxylic acids is 2. The van der Waals surface area contributed by atoms with E-state index in [1.165, 1.54) is 24.2 Å². The van der Waals surface area contributed by atoms with Crippen LogP contribution in [0.15, 0.2) is 42.5 Å². The van der Waals surface area contributed by atoms with Crippen LogP contribution in [-0.2, 0) is 40.4 Å². The molecule has 1 unspecified atom stereocenters. The first-order chi connectivity index (χ1) is 12.7. The molecule has 0 spiro atoms. The zero-order valence-electron chi connectivity index (χ0n) is 15.4. The molecule has 0 aliphatic carbocycles. The highest BCUT2D eigenvalue weighted by Crippen LogP contribution is 2.23. The molecule has 1 aromatic carbocycles. The van der Waals surface area contributed by atoms with Crippen LogP contribution in [0, 0.1) is 0 Å². The predicted molar refractivity (Wildman–Crippen MR) is 96.8 cm³/mol. The van der Waals surface area contributed by atoms with Gasteiger partial charge in [-0.15, -0.1) is 0 Å². The zero-order valence-corrected chi connectivity index (χ0v) is 16.2. The van der Waals surface area contributed by atoms with Crippen LogP contribution in [0.25, 0.3) is 0 Å². The summed E-state index contributed by atoms with van der Waals surface area (Å²) in [5, 5.41) is 0. The van der Waals surface area contributed by atoms with Crippen molar-refractivity contribution in [2.45, 2.75) is 38.8 Å². The Bertz CT molecular complexity index is 791. The number of carbonyl (C=O) groups is 2. The summed E-state index contributed by atoms with van der Waals surface area (Å²) in [6.07, 6.45) is 1.62. The van der Waals surface area contributed by atoms with Crippen molar-refractivity contribution in [3.63, 3.8) is 0 Å². The van der Waals surface area contributed by atoms with E-state index in [9.17, 15) is 18.0 Å². The number of sulfonamides is 1. The van der Waals surface area contributed by atoms with E-state index in [1.807, 2.05) is 30.3 Å². The summed E-state index contributed by atoms with van der Waals surface area (Å²) in [5.74, 6) is -1.04. The van der Waals surface area contributed by atoms with Crippen LogP contribution < -0.4 is 0 Å². The average molecular weight is 397 g/mol. The minimum Gasteiger partial charge on any atom is -0.463 e. The Morgan fingerprint density at radius 1 is 1.11 bits per heavy atom. The Morgan fingerprint density at radius 2 is 1.78 bits per heavy atom. The second kappa shape index (κ2) is 9.12. The molecule has 0 N–H and O–H groups in total. The second-order valence-electron chi connectivity index (χ2n) is 6.12. The lowest BCUT2D eigenvalue weighted by Crippen LogP contribution is -2.48. The van der Waals surface area contributed by atoms with Gasteiger partial charge < -0.3 is 14.2 Å². The second-order valence-corrected chi connectivity index (χ2v) is 8.06. The molecule has 0 radical (unpaired) electrons. The van der Waals surface area contributed by atoms with Crippen LogP contribution in [-0.4, -0.2) is 56.0 Å². The molecule has 1 heterocycles. The molecule has 27 heavy (non-hydrogen) atoms. The fraction of sp³-hybridized carbons (Fsp3) is 0.444. The van der Waals surface area contributed by atoms with E-state index >= 15 is 0 Å². The molecule has 1 aliphatic heterocycles. The fourth-order valence-corrected chi connectivity index (χ4v) is 3.47. The highest BCUT2D eigenvalue weighted by atomic mass is 32.2. The molecule has 0 saturated carbocycles. The lowest BCUT2D eigenvalue weighted by atomic mass is 10.1. The molecular weight excluding hydrogens is 374 g/mol. The quantitative estimate of drug-likeness (QED) is 0.504. The summed E-state index contributed by atoms with van der Waals surface area (Å²) < 4.78 is 41.7. The number of benzene rings is 1. The van der Waals surface area contributed by atoms with E-state index in [0.29, 0.717) is 0 Å². The summed E-state index contributed by atoms with van der Waals surface area (Å²) in [6.45, 7) is 2.43. The molecule has 0 bridgehead atoms. The highest BCUT2D eigenvalue weighted by molar-refractivity contribution is 7.88. The Labute approximate surface area is 158 Å². The van der Waals surface area contributed by atoms with E-state index in [1.54, 1.807) is 6.08 Å². The van der Waals surface area contributed by atoms with E-state index in [-0.39, 0.29) is 13.2 Å². The van der Waals surface area contributed by atoms with Gasteiger partial charge in [0, 0.05) is 20.4 Å². The van der Waals surface area contributed by atoms with E-state index < -0.39 is 40.4 Å². The Kier molecular flexibility index (Phi) is 7.11. The molecule has 3 atom stereocenters.